The minimum Gasteiger partial charge on any atom is -0.0885 e. The van der Waals surface area contributed by atoms with Crippen molar-refractivity contribution >= 4 is 0 Å². The molecule has 0 radical (unpaired) electrons. The molecule has 0 heterocycles. The van der Waals surface area contributed by atoms with Crippen LogP contribution in [0.3, 0.4) is 0 Å². The van der Waals surface area contributed by atoms with Crippen molar-refractivity contribution in [3.63, 3.8) is 0 Å². The molecular formula is C22H38. The van der Waals surface area contributed by atoms with Crippen LogP contribution in [0.2, 0.25) is 0 Å². The topological polar surface area (TPSA) is 0 Å². The first-order valence-electron chi connectivity index (χ1n) is 10.1. The van der Waals surface area contributed by atoms with Gasteiger partial charge in [-0.15, -0.1) is 0 Å². The van der Waals surface area contributed by atoms with E-state index in [0.29, 0.717) is 0 Å². The summed E-state index contributed by atoms with van der Waals surface area (Å²) in [6.07, 6.45) is 26.9. The summed E-state index contributed by atoms with van der Waals surface area (Å²) < 4.78 is 0. The zero-order valence-electron chi connectivity index (χ0n) is 15.1. The average molecular weight is 303 g/mol. The largest absolute Gasteiger partial charge is 0.0885 e. The molecule has 2 fully saturated rings. The van der Waals surface area contributed by atoms with Crippen LogP contribution in [0.15, 0.2) is 24.3 Å². The van der Waals surface area contributed by atoms with Crippen molar-refractivity contribution < 1.29 is 0 Å². The standard InChI is InChI=1S/C22H38/c1-3-5-8-20-15-17-22(18-16-20)10-7-6-9-21-13-11-19(4-2)12-14-21/h5-6,8-9,19-22H,3-4,7,10-18H2,1-2H3/b8-5+,9-6+/t19-,20-,21-,22-. The Labute approximate surface area is 139 Å². The van der Waals surface area contributed by atoms with Crippen LogP contribution in [-0.2, 0) is 0 Å². The van der Waals surface area contributed by atoms with Crippen molar-refractivity contribution in [2.24, 2.45) is 23.7 Å². The second-order valence-corrected chi connectivity index (χ2v) is 7.81. The van der Waals surface area contributed by atoms with Crippen LogP contribution in [0.1, 0.15) is 90.9 Å². The molecule has 0 saturated heterocycles. The summed E-state index contributed by atoms with van der Waals surface area (Å²) in [6.45, 7) is 4.59. The van der Waals surface area contributed by atoms with Gasteiger partial charge in [0.15, 0.2) is 0 Å². The third-order valence-electron chi connectivity index (χ3n) is 6.15. The molecule has 0 N–H and O–H groups in total. The van der Waals surface area contributed by atoms with Crippen molar-refractivity contribution in [1.82, 2.24) is 0 Å². The molecule has 2 rings (SSSR count). The molecule has 0 nitrogen and oxygen atoms in total. The summed E-state index contributed by atoms with van der Waals surface area (Å²) in [5, 5.41) is 0. The van der Waals surface area contributed by atoms with E-state index >= 15 is 0 Å². The Morgan fingerprint density at radius 1 is 0.682 bits per heavy atom. The minimum absolute atomic E-state index is 0.889. The predicted molar refractivity (Wildman–Crippen MR) is 99.0 cm³/mol. The van der Waals surface area contributed by atoms with E-state index in [0.717, 1.165) is 23.7 Å². The van der Waals surface area contributed by atoms with Crippen molar-refractivity contribution in [1.29, 1.82) is 0 Å². The van der Waals surface area contributed by atoms with E-state index in [4.69, 9.17) is 0 Å². The predicted octanol–water partition coefficient (Wildman–Crippen LogP) is 7.31. The third kappa shape index (κ3) is 6.31. The molecule has 0 atom stereocenters. The smallest absolute Gasteiger partial charge is 0.0233 e. The van der Waals surface area contributed by atoms with Gasteiger partial charge in [-0.05, 0) is 94.3 Å². The van der Waals surface area contributed by atoms with Crippen LogP contribution in [0.4, 0.5) is 0 Å². The van der Waals surface area contributed by atoms with Crippen LogP contribution in [-0.4, -0.2) is 0 Å². The maximum Gasteiger partial charge on any atom is -0.0233 e. The highest BCUT2D eigenvalue weighted by atomic mass is 14.2. The van der Waals surface area contributed by atoms with Gasteiger partial charge in [-0.1, -0.05) is 44.6 Å². The number of hydrogen-bond acceptors (Lipinski definition) is 0. The fourth-order valence-electron chi connectivity index (χ4n) is 4.41. The number of allylic oxidation sites excluding steroid dienone is 4. The molecule has 0 bridgehead atoms. The van der Waals surface area contributed by atoms with Crippen LogP contribution in [0.5, 0.6) is 0 Å². The van der Waals surface area contributed by atoms with Gasteiger partial charge in [-0.25, -0.2) is 0 Å². The van der Waals surface area contributed by atoms with Gasteiger partial charge in [-0.2, -0.15) is 0 Å². The second-order valence-electron chi connectivity index (χ2n) is 7.81. The van der Waals surface area contributed by atoms with Gasteiger partial charge in [0.25, 0.3) is 0 Å². The Morgan fingerprint density at radius 3 is 1.77 bits per heavy atom. The lowest BCUT2D eigenvalue weighted by Gasteiger charge is -2.27. The Bertz CT molecular complexity index is 322. The van der Waals surface area contributed by atoms with Gasteiger partial charge in [-0.3, -0.25) is 0 Å². The summed E-state index contributed by atoms with van der Waals surface area (Å²) in [6, 6.07) is 0. The van der Waals surface area contributed by atoms with Crippen LogP contribution in [0.25, 0.3) is 0 Å². The summed E-state index contributed by atoms with van der Waals surface area (Å²) in [7, 11) is 0. The molecule has 0 heteroatoms. The first-order valence-corrected chi connectivity index (χ1v) is 10.1. The normalized spacial score (nSPS) is 33.7. The molecule has 0 spiro atoms. The first-order chi connectivity index (χ1) is 10.8. The van der Waals surface area contributed by atoms with Gasteiger partial charge in [0.1, 0.15) is 0 Å². The summed E-state index contributed by atoms with van der Waals surface area (Å²) in [5.74, 6) is 3.83. The van der Waals surface area contributed by atoms with Gasteiger partial charge < -0.3 is 0 Å². The lowest BCUT2D eigenvalue weighted by atomic mass is 9.79. The lowest BCUT2D eigenvalue weighted by molar-refractivity contribution is 0.295. The summed E-state index contributed by atoms with van der Waals surface area (Å²) >= 11 is 0. The minimum atomic E-state index is 0.889. The molecule has 2 aliphatic rings. The molecular weight excluding hydrogens is 264 g/mol. The van der Waals surface area contributed by atoms with E-state index < -0.39 is 0 Å². The van der Waals surface area contributed by atoms with Crippen molar-refractivity contribution in [3.05, 3.63) is 24.3 Å². The Morgan fingerprint density at radius 2 is 1.23 bits per heavy atom. The van der Waals surface area contributed by atoms with Gasteiger partial charge >= 0.3 is 0 Å². The maximum atomic E-state index is 2.56. The zero-order valence-corrected chi connectivity index (χ0v) is 15.1. The van der Waals surface area contributed by atoms with Gasteiger partial charge in [0, 0.05) is 0 Å². The molecule has 2 saturated carbocycles. The quantitative estimate of drug-likeness (QED) is 0.432. The third-order valence-corrected chi connectivity index (χ3v) is 6.15. The number of rotatable bonds is 7. The van der Waals surface area contributed by atoms with E-state index in [1.807, 2.05) is 0 Å². The Hall–Kier alpha value is -0.520. The van der Waals surface area contributed by atoms with Crippen molar-refractivity contribution in [2.75, 3.05) is 0 Å². The van der Waals surface area contributed by atoms with Crippen molar-refractivity contribution in [3.8, 4) is 0 Å². The molecule has 0 amide bonds. The molecule has 0 aromatic heterocycles. The highest BCUT2D eigenvalue weighted by Crippen LogP contribution is 2.33. The SMILES string of the molecule is CC/C=C/[C@H]1CC[C@H](CC/C=C/[C@H]2CC[C@H](CC)CC2)CC1. The number of hydrogen-bond donors (Lipinski definition) is 0. The van der Waals surface area contributed by atoms with E-state index in [-0.39, 0.29) is 0 Å². The van der Waals surface area contributed by atoms with Gasteiger partial charge in [0.05, 0.1) is 0 Å². The monoisotopic (exact) mass is 302 g/mol. The lowest BCUT2D eigenvalue weighted by Crippen LogP contribution is -2.13. The average Bonchev–Trinajstić information content (AvgIpc) is 2.58. The molecule has 0 unspecified atom stereocenters. The van der Waals surface area contributed by atoms with E-state index in [1.165, 1.54) is 77.0 Å². The van der Waals surface area contributed by atoms with Crippen LogP contribution in [0, 0.1) is 23.7 Å². The molecule has 22 heavy (non-hydrogen) atoms. The first kappa shape index (κ1) is 17.8. The maximum absolute atomic E-state index is 2.56. The fourth-order valence-corrected chi connectivity index (χ4v) is 4.41. The zero-order chi connectivity index (χ0) is 15.6. The van der Waals surface area contributed by atoms with Crippen LogP contribution < -0.4 is 0 Å². The second kappa shape index (κ2) is 10.3. The molecule has 2 aliphatic carbocycles. The highest BCUT2D eigenvalue weighted by Gasteiger charge is 2.19. The fraction of sp³-hybridized carbons (Fsp3) is 0.818. The summed E-state index contributed by atoms with van der Waals surface area (Å²) in [4.78, 5) is 0. The van der Waals surface area contributed by atoms with Crippen molar-refractivity contribution in [2.45, 2.75) is 90.9 Å². The van der Waals surface area contributed by atoms with Crippen LogP contribution >= 0.6 is 0 Å². The van der Waals surface area contributed by atoms with Gasteiger partial charge in [0.2, 0.25) is 0 Å². The van der Waals surface area contributed by atoms with E-state index in [2.05, 4.69) is 38.2 Å². The van der Waals surface area contributed by atoms with E-state index in [9.17, 15) is 0 Å². The highest BCUT2D eigenvalue weighted by molar-refractivity contribution is 4.93. The molecule has 0 aromatic carbocycles. The Balaban J connectivity index is 1.56. The van der Waals surface area contributed by atoms with E-state index in [1.54, 1.807) is 0 Å². The Kier molecular flexibility index (Phi) is 8.34. The molecule has 0 aromatic rings. The molecule has 126 valence electrons. The summed E-state index contributed by atoms with van der Waals surface area (Å²) in [5.41, 5.74) is 0. The molecule has 0 aliphatic heterocycles.